The summed E-state index contributed by atoms with van der Waals surface area (Å²) in [5.41, 5.74) is 0.459. The van der Waals surface area contributed by atoms with Crippen LogP contribution in [0.1, 0.15) is 30.6 Å². The molecule has 0 radical (unpaired) electrons. The van der Waals surface area contributed by atoms with Gasteiger partial charge in [0, 0.05) is 11.6 Å². The number of hydrogen-bond acceptors (Lipinski definition) is 4. The molecular weight excluding hydrogens is 320 g/mol. The van der Waals surface area contributed by atoms with Crippen LogP contribution in [0.25, 0.3) is 10.8 Å². The monoisotopic (exact) mass is 342 g/mol. The Balaban J connectivity index is 1.80. The molecule has 0 spiro atoms. The number of carbonyl (C=O) groups is 3. The van der Waals surface area contributed by atoms with Gasteiger partial charge in [-0.15, -0.1) is 0 Å². The van der Waals surface area contributed by atoms with Gasteiger partial charge in [-0.1, -0.05) is 37.3 Å². The second-order valence-electron chi connectivity index (χ2n) is 5.78. The van der Waals surface area contributed by atoms with Crippen molar-refractivity contribution in [2.75, 3.05) is 13.2 Å². The van der Waals surface area contributed by atoms with Crippen LogP contribution in [0.2, 0.25) is 0 Å². The third-order valence-electron chi connectivity index (χ3n) is 3.79. The first-order valence-corrected chi connectivity index (χ1v) is 8.21. The molecule has 0 aliphatic carbocycles. The van der Waals surface area contributed by atoms with Crippen LogP contribution in [0, 0.1) is 0 Å². The Morgan fingerprint density at radius 1 is 1.08 bits per heavy atom. The first-order valence-electron chi connectivity index (χ1n) is 8.21. The van der Waals surface area contributed by atoms with E-state index in [0.29, 0.717) is 5.56 Å². The lowest BCUT2D eigenvalue weighted by Gasteiger charge is -2.11. The highest BCUT2D eigenvalue weighted by Gasteiger charge is 2.12. The van der Waals surface area contributed by atoms with Gasteiger partial charge in [-0.25, -0.2) is 0 Å². The summed E-state index contributed by atoms with van der Waals surface area (Å²) in [7, 11) is 0. The molecule has 2 amide bonds. The van der Waals surface area contributed by atoms with Gasteiger partial charge in [-0.05, 0) is 36.2 Å². The van der Waals surface area contributed by atoms with Crippen LogP contribution in [-0.4, -0.2) is 37.0 Å². The summed E-state index contributed by atoms with van der Waals surface area (Å²) in [6.45, 7) is 3.17. The maximum Gasteiger partial charge on any atom is 0.325 e. The molecule has 0 unspecified atom stereocenters. The van der Waals surface area contributed by atoms with Crippen molar-refractivity contribution in [2.45, 2.75) is 26.3 Å². The molecule has 2 N–H and O–H groups in total. The summed E-state index contributed by atoms with van der Waals surface area (Å²) in [6, 6.07) is 13.0. The van der Waals surface area contributed by atoms with Crippen molar-refractivity contribution in [2.24, 2.45) is 0 Å². The standard InChI is InChI=1S/C19H22N2O4/c1-3-13(2)21-17(22)12-25-18(23)11-20-19(24)16-9-8-14-6-4-5-7-15(14)10-16/h4-10,13H,3,11-12H2,1-2H3,(H,20,24)(H,21,22)/t13-/m1/s1. The number of benzene rings is 2. The van der Waals surface area contributed by atoms with Gasteiger partial charge in [0.25, 0.3) is 11.8 Å². The SMILES string of the molecule is CC[C@@H](C)NC(=O)COC(=O)CNC(=O)c1ccc2ccccc2c1. The minimum Gasteiger partial charge on any atom is -0.454 e. The van der Waals surface area contributed by atoms with E-state index in [0.717, 1.165) is 17.2 Å². The number of hydrogen-bond donors (Lipinski definition) is 2. The summed E-state index contributed by atoms with van der Waals surface area (Å²) >= 11 is 0. The summed E-state index contributed by atoms with van der Waals surface area (Å²) in [4.78, 5) is 35.3. The molecule has 6 heteroatoms. The van der Waals surface area contributed by atoms with Gasteiger partial charge in [0.1, 0.15) is 6.54 Å². The van der Waals surface area contributed by atoms with Crippen LogP contribution in [0.4, 0.5) is 0 Å². The fourth-order valence-corrected chi connectivity index (χ4v) is 2.20. The molecule has 6 nitrogen and oxygen atoms in total. The van der Waals surface area contributed by atoms with Gasteiger partial charge in [0.15, 0.2) is 6.61 Å². The van der Waals surface area contributed by atoms with E-state index < -0.39 is 5.97 Å². The maximum absolute atomic E-state index is 12.1. The fraction of sp³-hybridized carbons (Fsp3) is 0.316. The van der Waals surface area contributed by atoms with Crippen molar-refractivity contribution in [1.82, 2.24) is 10.6 Å². The molecule has 1 atom stereocenters. The molecule has 0 aromatic heterocycles. The predicted octanol–water partition coefficient (Wildman–Crippen LogP) is 2.03. The zero-order valence-corrected chi connectivity index (χ0v) is 14.4. The highest BCUT2D eigenvalue weighted by molar-refractivity contribution is 5.99. The zero-order valence-electron chi connectivity index (χ0n) is 14.4. The zero-order chi connectivity index (χ0) is 18.2. The Morgan fingerprint density at radius 3 is 2.52 bits per heavy atom. The molecule has 0 heterocycles. The number of nitrogens with one attached hydrogen (secondary N) is 2. The normalized spacial score (nSPS) is 11.6. The molecule has 132 valence electrons. The molecule has 2 aromatic rings. The fourth-order valence-electron chi connectivity index (χ4n) is 2.20. The van der Waals surface area contributed by atoms with Crippen molar-refractivity contribution < 1.29 is 19.1 Å². The van der Waals surface area contributed by atoms with E-state index in [1.807, 2.05) is 44.2 Å². The molecule has 25 heavy (non-hydrogen) atoms. The largest absolute Gasteiger partial charge is 0.454 e. The van der Waals surface area contributed by atoms with Crippen LogP contribution in [0.3, 0.4) is 0 Å². The minimum atomic E-state index is -0.659. The van der Waals surface area contributed by atoms with E-state index >= 15 is 0 Å². The Labute approximate surface area is 146 Å². The highest BCUT2D eigenvalue weighted by Crippen LogP contribution is 2.15. The Bertz CT molecular complexity index is 773. The number of amides is 2. The van der Waals surface area contributed by atoms with E-state index in [2.05, 4.69) is 10.6 Å². The molecule has 0 aliphatic heterocycles. The summed E-state index contributed by atoms with van der Waals surface area (Å²) in [6.07, 6.45) is 0.793. The molecule has 0 fully saturated rings. The lowest BCUT2D eigenvalue weighted by atomic mass is 10.1. The lowest BCUT2D eigenvalue weighted by Crippen LogP contribution is -2.37. The summed E-state index contributed by atoms with van der Waals surface area (Å²) in [5.74, 6) is -1.39. The highest BCUT2D eigenvalue weighted by atomic mass is 16.5. The summed E-state index contributed by atoms with van der Waals surface area (Å²) < 4.78 is 4.84. The van der Waals surface area contributed by atoms with Crippen molar-refractivity contribution in [1.29, 1.82) is 0 Å². The predicted molar refractivity (Wildman–Crippen MR) is 95.1 cm³/mol. The van der Waals surface area contributed by atoms with Gasteiger partial charge < -0.3 is 15.4 Å². The van der Waals surface area contributed by atoms with Crippen LogP contribution in [0.15, 0.2) is 42.5 Å². The number of fused-ring (bicyclic) bond motifs is 1. The smallest absolute Gasteiger partial charge is 0.325 e. The Morgan fingerprint density at radius 2 is 1.80 bits per heavy atom. The van der Waals surface area contributed by atoms with E-state index in [1.54, 1.807) is 12.1 Å². The molecular formula is C19H22N2O4. The third kappa shape index (κ3) is 5.60. The van der Waals surface area contributed by atoms with Gasteiger partial charge >= 0.3 is 5.97 Å². The maximum atomic E-state index is 12.1. The van der Waals surface area contributed by atoms with Crippen LogP contribution in [0.5, 0.6) is 0 Å². The molecule has 0 bridgehead atoms. The summed E-state index contributed by atoms with van der Waals surface area (Å²) in [5, 5.41) is 7.16. The quantitative estimate of drug-likeness (QED) is 0.754. The topological polar surface area (TPSA) is 84.5 Å². The molecule has 0 aliphatic rings. The van der Waals surface area contributed by atoms with Crippen molar-refractivity contribution in [3.63, 3.8) is 0 Å². The Kier molecular flexibility index (Phi) is 6.51. The van der Waals surface area contributed by atoms with Crippen LogP contribution in [-0.2, 0) is 14.3 Å². The average Bonchev–Trinajstić information content (AvgIpc) is 2.63. The van der Waals surface area contributed by atoms with Crippen LogP contribution >= 0.6 is 0 Å². The molecule has 0 saturated carbocycles. The van der Waals surface area contributed by atoms with Crippen molar-refractivity contribution in [3.8, 4) is 0 Å². The first-order chi connectivity index (χ1) is 12.0. The third-order valence-corrected chi connectivity index (χ3v) is 3.79. The second kappa shape index (κ2) is 8.82. The number of carbonyl (C=O) groups excluding carboxylic acids is 3. The van der Waals surface area contributed by atoms with Crippen molar-refractivity contribution >= 4 is 28.6 Å². The van der Waals surface area contributed by atoms with E-state index in [9.17, 15) is 14.4 Å². The molecule has 2 rings (SSSR count). The minimum absolute atomic E-state index is 0.0267. The van der Waals surface area contributed by atoms with Gasteiger partial charge in [0.05, 0.1) is 0 Å². The molecule has 0 saturated heterocycles. The van der Waals surface area contributed by atoms with Gasteiger partial charge in [0.2, 0.25) is 0 Å². The first kappa shape index (κ1) is 18.4. The average molecular weight is 342 g/mol. The second-order valence-corrected chi connectivity index (χ2v) is 5.78. The molecule has 2 aromatic carbocycles. The van der Waals surface area contributed by atoms with Gasteiger partial charge in [-0.3, -0.25) is 14.4 Å². The Hall–Kier alpha value is -2.89. The van der Waals surface area contributed by atoms with Crippen LogP contribution < -0.4 is 10.6 Å². The van der Waals surface area contributed by atoms with Crippen molar-refractivity contribution in [3.05, 3.63) is 48.0 Å². The number of esters is 1. The number of ether oxygens (including phenoxy) is 1. The number of rotatable bonds is 7. The van der Waals surface area contributed by atoms with E-state index in [4.69, 9.17) is 4.74 Å². The van der Waals surface area contributed by atoms with Gasteiger partial charge in [-0.2, -0.15) is 0 Å². The lowest BCUT2D eigenvalue weighted by molar-refractivity contribution is -0.147. The van der Waals surface area contributed by atoms with E-state index in [1.165, 1.54) is 0 Å². The van der Waals surface area contributed by atoms with E-state index in [-0.39, 0.29) is 31.0 Å².